The minimum Gasteiger partial charge on any atom is -0.444 e. The van der Waals surface area contributed by atoms with Gasteiger partial charge in [0, 0.05) is 31.4 Å². The summed E-state index contributed by atoms with van der Waals surface area (Å²) in [7, 11) is 0. The minimum atomic E-state index is -0.529. The number of alkyl carbamates (subject to hydrolysis) is 1. The average Bonchev–Trinajstić information content (AvgIpc) is 2.70. The molecule has 0 radical (unpaired) electrons. The molecule has 1 amide bonds. The van der Waals surface area contributed by atoms with Crippen molar-refractivity contribution >= 4 is 17.5 Å². The molecule has 1 N–H and O–H groups in total. The van der Waals surface area contributed by atoms with Gasteiger partial charge in [-0.05, 0) is 58.9 Å². The third-order valence-corrected chi connectivity index (χ3v) is 5.49. The number of nitro groups is 1. The molecule has 0 spiro atoms. The van der Waals surface area contributed by atoms with Gasteiger partial charge in [-0.25, -0.2) is 4.79 Å². The third kappa shape index (κ3) is 5.96. The van der Waals surface area contributed by atoms with Crippen LogP contribution in [0.1, 0.15) is 44.7 Å². The van der Waals surface area contributed by atoms with E-state index in [4.69, 9.17) is 4.74 Å². The van der Waals surface area contributed by atoms with Crippen LogP contribution in [0.15, 0.2) is 30.6 Å². The maximum Gasteiger partial charge on any atom is 0.407 e. The molecule has 32 heavy (non-hydrogen) atoms. The molecule has 2 heterocycles. The van der Waals surface area contributed by atoms with Crippen molar-refractivity contribution < 1.29 is 14.5 Å². The van der Waals surface area contributed by atoms with E-state index >= 15 is 0 Å². The Morgan fingerprint density at radius 3 is 2.38 bits per heavy atom. The van der Waals surface area contributed by atoms with E-state index in [0.29, 0.717) is 31.2 Å². The topological polar surface area (TPSA) is 97.6 Å². The molecule has 8 heteroatoms. The second-order valence-electron chi connectivity index (χ2n) is 9.50. The lowest BCUT2D eigenvalue weighted by Gasteiger charge is -2.34. The number of amides is 1. The molecule has 1 aromatic heterocycles. The molecule has 2 aromatic rings. The normalized spacial score (nSPS) is 14.8. The highest BCUT2D eigenvalue weighted by molar-refractivity contribution is 5.84. The first kappa shape index (κ1) is 23.5. The molecule has 0 bridgehead atoms. The van der Waals surface area contributed by atoms with Gasteiger partial charge in [-0.15, -0.1) is 0 Å². The summed E-state index contributed by atoms with van der Waals surface area (Å²) >= 11 is 0. The van der Waals surface area contributed by atoms with Crippen LogP contribution in [0.25, 0.3) is 11.1 Å². The Hall–Kier alpha value is -3.16. The predicted octanol–water partition coefficient (Wildman–Crippen LogP) is 5.01. The number of anilines is 1. The molecule has 3 rings (SSSR count). The summed E-state index contributed by atoms with van der Waals surface area (Å²) < 4.78 is 5.30. The molecule has 8 nitrogen and oxygen atoms in total. The largest absolute Gasteiger partial charge is 0.444 e. The summed E-state index contributed by atoms with van der Waals surface area (Å²) in [6.45, 7) is 11.4. The molecule has 1 aliphatic rings. The molecule has 1 fully saturated rings. The van der Waals surface area contributed by atoms with E-state index in [9.17, 15) is 14.9 Å². The zero-order valence-electron chi connectivity index (χ0n) is 19.5. The quantitative estimate of drug-likeness (QED) is 0.518. The zero-order valence-corrected chi connectivity index (χ0v) is 19.5. The van der Waals surface area contributed by atoms with Crippen molar-refractivity contribution in [2.45, 2.75) is 53.1 Å². The first-order valence-electron chi connectivity index (χ1n) is 11.0. The molecule has 0 atom stereocenters. The molecular weight excluding hydrogens is 408 g/mol. The van der Waals surface area contributed by atoms with Gasteiger partial charge in [0.15, 0.2) is 0 Å². The van der Waals surface area contributed by atoms with Crippen molar-refractivity contribution in [2.75, 3.05) is 24.5 Å². The lowest BCUT2D eigenvalue weighted by Crippen LogP contribution is -2.40. The van der Waals surface area contributed by atoms with Gasteiger partial charge in [-0.3, -0.25) is 15.1 Å². The van der Waals surface area contributed by atoms with Crippen molar-refractivity contribution in [3.05, 3.63) is 51.8 Å². The fourth-order valence-corrected chi connectivity index (χ4v) is 4.15. The minimum absolute atomic E-state index is 0.0204. The lowest BCUT2D eigenvalue weighted by atomic mass is 9.94. The van der Waals surface area contributed by atoms with Gasteiger partial charge in [-0.1, -0.05) is 29.3 Å². The van der Waals surface area contributed by atoms with Crippen LogP contribution in [0.4, 0.5) is 16.2 Å². The van der Waals surface area contributed by atoms with Crippen LogP contribution < -0.4 is 10.2 Å². The van der Waals surface area contributed by atoms with E-state index in [1.54, 1.807) is 6.20 Å². The van der Waals surface area contributed by atoms with Crippen LogP contribution in [0.2, 0.25) is 0 Å². The number of nitrogens with one attached hydrogen (secondary N) is 1. The number of hydrogen-bond acceptors (Lipinski definition) is 6. The summed E-state index contributed by atoms with van der Waals surface area (Å²) in [5, 5.41) is 14.7. The zero-order chi connectivity index (χ0) is 23.5. The maximum absolute atomic E-state index is 11.9. The molecule has 0 saturated carbocycles. The number of carbonyl (C=O) groups excluding carboxylic acids is 1. The Kier molecular flexibility index (Phi) is 7.01. The fourth-order valence-electron chi connectivity index (χ4n) is 4.15. The molecule has 1 aliphatic heterocycles. The third-order valence-electron chi connectivity index (χ3n) is 5.49. The first-order valence-corrected chi connectivity index (χ1v) is 11.0. The number of pyridine rings is 1. The first-order chi connectivity index (χ1) is 15.0. The number of aromatic nitrogens is 1. The fraction of sp³-hybridized carbons (Fsp3) is 0.500. The van der Waals surface area contributed by atoms with Crippen LogP contribution in [0.3, 0.4) is 0 Å². The van der Waals surface area contributed by atoms with E-state index in [0.717, 1.165) is 35.1 Å². The number of rotatable bonds is 5. The molecule has 1 aromatic carbocycles. The van der Waals surface area contributed by atoms with E-state index in [2.05, 4.69) is 21.3 Å². The number of benzene rings is 1. The summed E-state index contributed by atoms with van der Waals surface area (Å²) in [5.41, 5.74) is 4.02. The highest BCUT2D eigenvalue weighted by Crippen LogP contribution is 2.40. The van der Waals surface area contributed by atoms with Gasteiger partial charge in [0.2, 0.25) is 0 Å². The van der Waals surface area contributed by atoms with Crippen molar-refractivity contribution in [3.63, 3.8) is 0 Å². The second-order valence-corrected chi connectivity index (χ2v) is 9.50. The summed E-state index contributed by atoms with van der Waals surface area (Å²) in [6.07, 6.45) is 4.27. The van der Waals surface area contributed by atoms with E-state index < -0.39 is 11.7 Å². The Morgan fingerprint density at radius 2 is 1.81 bits per heavy atom. The van der Waals surface area contributed by atoms with Gasteiger partial charge < -0.3 is 15.0 Å². The predicted molar refractivity (Wildman–Crippen MR) is 125 cm³/mol. The van der Waals surface area contributed by atoms with Gasteiger partial charge in [-0.2, -0.15) is 0 Å². The number of nitrogens with zero attached hydrogens (tertiary/aromatic N) is 3. The molecular formula is C24H32N4O4. The van der Waals surface area contributed by atoms with Gasteiger partial charge in [0.1, 0.15) is 17.5 Å². The Morgan fingerprint density at radius 1 is 1.19 bits per heavy atom. The molecule has 0 aliphatic carbocycles. The average molecular weight is 441 g/mol. The second kappa shape index (κ2) is 9.54. The standard InChI is InChI=1S/C24H32N4O4/c1-16-10-17(2)12-19(11-16)20-14-25-15-21(28(30)31)22(20)27-8-6-18(7-9-27)13-26-23(29)32-24(3,4)5/h10-12,14-15,18H,6-9,13H2,1-5H3,(H,26,29). The number of piperidine rings is 1. The van der Waals surface area contributed by atoms with Crippen LogP contribution in [0.5, 0.6) is 0 Å². The highest BCUT2D eigenvalue weighted by Gasteiger charge is 2.29. The van der Waals surface area contributed by atoms with Gasteiger partial charge in [0.05, 0.1) is 4.92 Å². The van der Waals surface area contributed by atoms with E-state index in [-0.39, 0.29) is 10.6 Å². The Balaban J connectivity index is 1.77. The van der Waals surface area contributed by atoms with Crippen LogP contribution in [0, 0.1) is 29.9 Å². The summed E-state index contributed by atoms with van der Waals surface area (Å²) in [5.74, 6) is 0.296. The lowest BCUT2D eigenvalue weighted by molar-refractivity contribution is -0.384. The molecule has 172 valence electrons. The highest BCUT2D eigenvalue weighted by atomic mass is 16.6. The summed E-state index contributed by atoms with van der Waals surface area (Å²) in [6, 6.07) is 6.15. The van der Waals surface area contributed by atoms with Crippen molar-refractivity contribution in [1.29, 1.82) is 0 Å². The maximum atomic E-state index is 11.9. The molecule has 0 unspecified atom stereocenters. The smallest absolute Gasteiger partial charge is 0.407 e. The van der Waals surface area contributed by atoms with Gasteiger partial charge in [0.25, 0.3) is 0 Å². The Bertz CT molecular complexity index is 972. The SMILES string of the molecule is Cc1cc(C)cc(-c2cncc([N+](=O)[O-])c2N2CCC(CNC(=O)OC(C)(C)C)CC2)c1. The monoisotopic (exact) mass is 440 g/mol. The van der Waals surface area contributed by atoms with Crippen molar-refractivity contribution in [3.8, 4) is 11.1 Å². The van der Waals surface area contributed by atoms with E-state index in [1.165, 1.54) is 6.20 Å². The van der Waals surface area contributed by atoms with Crippen LogP contribution in [-0.2, 0) is 4.74 Å². The van der Waals surface area contributed by atoms with Gasteiger partial charge >= 0.3 is 11.8 Å². The number of hydrogen-bond donors (Lipinski definition) is 1. The number of carbonyl (C=O) groups is 1. The number of ether oxygens (including phenoxy) is 1. The van der Waals surface area contributed by atoms with E-state index in [1.807, 2.05) is 46.8 Å². The molecule has 1 saturated heterocycles. The summed E-state index contributed by atoms with van der Waals surface area (Å²) in [4.78, 5) is 29.6. The van der Waals surface area contributed by atoms with Crippen LogP contribution >= 0.6 is 0 Å². The van der Waals surface area contributed by atoms with Crippen molar-refractivity contribution in [2.24, 2.45) is 5.92 Å². The Labute approximate surface area is 189 Å². The van der Waals surface area contributed by atoms with Crippen LogP contribution in [-0.4, -0.2) is 41.2 Å². The number of aryl methyl sites for hydroxylation is 2. The van der Waals surface area contributed by atoms with Crippen molar-refractivity contribution in [1.82, 2.24) is 10.3 Å².